The first-order chi connectivity index (χ1) is 15.7. The summed E-state index contributed by atoms with van der Waals surface area (Å²) < 4.78 is 0. The maximum absolute atomic E-state index is 12.8. The summed E-state index contributed by atoms with van der Waals surface area (Å²) in [7, 11) is 0. The van der Waals surface area contributed by atoms with Crippen LogP contribution in [0, 0.1) is 0 Å². The van der Waals surface area contributed by atoms with E-state index in [1.807, 2.05) is 42.5 Å². The van der Waals surface area contributed by atoms with Crippen LogP contribution >= 0.6 is 11.6 Å². The van der Waals surface area contributed by atoms with Crippen molar-refractivity contribution in [3.05, 3.63) is 77.6 Å². The van der Waals surface area contributed by atoms with E-state index in [9.17, 15) is 4.79 Å². The smallest absolute Gasteiger partial charge is 0.253 e. The van der Waals surface area contributed by atoms with Gasteiger partial charge in [0.05, 0.1) is 16.8 Å². The molecule has 4 aromatic rings. The lowest BCUT2D eigenvalue weighted by molar-refractivity contribution is 0.0954. The zero-order valence-corrected chi connectivity index (χ0v) is 18.6. The Morgan fingerprint density at radius 1 is 1.03 bits per heavy atom. The van der Waals surface area contributed by atoms with E-state index in [1.165, 1.54) is 0 Å². The summed E-state index contributed by atoms with van der Waals surface area (Å²) >= 11 is 6.26. The number of benzene rings is 2. The van der Waals surface area contributed by atoms with Gasteiger partial charge in [0, 0.05) is 34.9 Å². The Balaban J connectivity index is 1.71. The number of pyridine rings is 1. The average Bonchev–Trinajstić information content (AvgIpc) is 2.83. The maximum atomic E-state index is 12.8. The Bertz CT molecular complexity index is 1230. The fourth-order valence-electron chi connectivity index (χ4n) is 3.41. The summed E-state index contributed by atoms with van der Waals surface area (Å²) in [5.74, 6) is 0.993. The lowest BCUT2D eigenvalue weighted by Crippen LogP contribution is -2.25. The highest BCUT2D eigenvalue weighted by molar-refractivity contribution is 6.31. The van der Waals surface area contributed by atoms with E-state index in [0.717, 1.165) is 35.7 Å². The Morgan fingerprint density at radius 3 is 2.72 bits per heavy atom. The number of anilines is 2. The lowest BCUT2D eigenvalue weighted by Gasteiger charge is -2.14. The number of aromatic nitrogens is 3. The number of para-hydroxylation sites is 1. The molecular weight excluding hydrogens is 422 g/mol. The molecule has 7 heteroatoms. The van der Waals surface area contributed by atoms with Crippen LogP contribution in [-0.4, -0.2) is 27.4 Å². The van der Waals surface area contributed by atoms with Crippen molar-refractivity contribution < 1.29 is 4.79 Å². The summed E-state index contributed by atoms with van der Waals surface area (Å²) in [4.78, 5) is 26.4. The topological polar surface area (TPSA) is 79.8 Å². The van der Waals surface area contributed by atoms with E-state index < -0.39 is 0 Å². The van der Waals surface area contributed by atoms with Crippen molar-refractivity contribution >= 4 is 39.9 Å². The number of amides is 1. The Morgan fingerprint density at radius 2 is 1.91 bits per heavy atom. The van der Waals surface area contributed by atoms with E-state index in [2.05, 4.69) is 27.5 Å². The molecule has 0 bridgehead atoms. The molecular formula is C25H24ClN5O. The van der Waals surface area contributed by atoms with Crippen molar-refractivity contribution in [2.24, 2.45) is 0 Å². The van der Waals surface area contributed by atoms with Crippen molar-refractivity contribution in [3.8, 4) is 11.4 Å². The molecule has 2 aromatic heterocycles. The van der Waals surface area contributed by atoms with Crippen LogP contribution in [-0.2, 0) is 0 Å². The van der Waals surface area contributed by atoms with Crippen molar-refractivity contribution in [1.29, 1.82) is 0 Å². The predicted molar refractivity (Wildman–Crippen MR) is 129 cm³/mol. The van der Waals surface area contributed by atoms with E-state index in [-0.39, 0.29) is 5.91 Å². The molecule has 0 fully saturated rings. The first-order valence-electron chi connectivity index (χ1n) is 10.7. The summed E-state index contributed by atoms with van der Waals surface area (Å²) in [6.07, 6.45) is 6.58. The van der Waals surface area contributed by atoms with Crippen LogP contribution in [0.1, 0.15) is 36.5 Å². The van der Waals surface area contributed by atoms with Crippen LogP contribution in [0.2, 0.25) is 5.02 Å². The number of fused-ring (bicyclic) bond motifs is 1. The van der Waals surface area contributed by atoms with E-state index in [1.54, 1.807) is 24.5 Å². The number of halogens is 1. The van der Waals surface area contributed by atoms with Gasteiger partial charge >= 0.3 is 0 Å². The molecule has 0 atom stereocenters. The first kappa shape index (κ1) is 21.7. The Hall–Kier alpha value is -3.51. The number of nitrogens with zero attached hydrogens (tertiary/aromatic N) is 3. The second kappa shape index (κ2) is 10.2. The molecule has 0 unspecified atom stereocenters. The van der Waals surface area contributed by atoms with Crippen LogP contribution in [0.5, 0.6) is 0 Å². The minimum atomic E-state index is -0.118. The standard InChI is InChI=1S/C25H24ClN5O/c1-2-3-6-14-28-25(32)19-9-4-5-10-21(19)30-24-20-15-18(26)11-12-22(20)29-23(31-24)17-8-7-13-27-16-17/h4-5,7-13,15-16H,2-3,6,14H2,1H3,(H,28,32)(H,29,30,31). The fourth-order valence-corrected chi connectivity index (χ4v) is 3.58. The van der Waals surface area contributed by atoms with Crippen LogP contribution in [0.25, 0.3) is 22.3 Å². The van der Waals surface area contributed by atoms with Gasteiger partial charge in [-0.2, -0.15) is 0 Å². The minimum absolute atomic E-state index is 0.118. The van der Waals surface area contributed by atoms with Gasteiger partial charge < -0.3 is 10.6 Å². The maximum Gasteiger partial charge on any atom is 0.253 e. The van der Waals surface area contributed by atoms with Gasteiger partial charge in [-0.1, -0.05) is 43.5 Å². The van der Waals surface area contributed by atoms with Crippen molar-refractivity contribution in [3.63, 3.8) is 0 Å². The van der Waals surface area contributed by atoms with Gasteiger partial charge in [-0.05, 0) is 48.9 Å². The van der Waals surface area contributed by atoms with E-state index in [0.29, 0.717) is 34.5 Å². The van der Waals surface area contributed by atoms with Crippen LogP contribution in [0.4, 0.5) is 11.5 Å². The Labute approximate surface area is 192 Å². The molecule has 32 heavy (non-hydrogen) atoms. The molecule has 2 N–H and O–H groups in total. The van der Waals surface area contributed by atoms with Crippen molar-refractivity contribution in [2.75, 3.05) is 11.9 Å². The van der Waals surface area contributed by atoms with Gasteiger partial charge in [-0.25, -0.2) is 9.97 Å². The molecule has 0 spiro atoms. The molecule has 0 radical (unpaired) electrons. The summed E-state index contributed by atoms with van der Waals surface area (Å²) in [5.41, 5.74) is 2.76. The number of carbonyl (C=O) groups excluding carboxylic acids is 1. The quantitative estimate of drug-likeness (QED) is 0.325. The second-order valence-electron chi connectivity index (χ2n) is 7.43. The van der Waals surface area contributed by atoms with Gasteiger partial charge in [0.1, 0.15) is 5.82 Å². The number of unbranched alkanes of at least 4 members (excludes halogenated alkanes) is 2. The summed E-state index contributed by atoms with van der Waals surface area (Å²) in [6, 6.07) is 16.6. The monoisotopic (exact) mass is 445 g/mol. The molecule has 2 heterocycles. The van der Waals surface area contributed by atoms with Crippen molar-refractivity contribution in [2.45, 2.75) is 26.2 Å². The summed E-state index contributed by atoms with van der Waals surface area (Å²) in [6.45, 7) is 2.79. The molecule has 162 valence electrons. The van der Waals surface area contributed by atoms with Gasteiger partial charge in [0.15, 0.2) is 5.82 Å². The van der Waals surface area contributed by atoms with Gasteiger partial charge in [0.25, 0.3) is 5.91 Å². The largest absolute Gasteiger partial charge is 0.352 e. The van der Waals surface area contributed by atoms with E-state index in [4.69, 9.17) is 16.6 Å². The fraction of sp³-hybridized carbons (Fsp3) is 0.200. The van der Waals surface area contributed by atoms with Crippen LogP contribution in [0.15, 0.2) is 67.0 Å². The van der Waals surface area contributed by atoms with Crippen LogP contribution in [0.3, 0.4) is 0 Å². The SMILES string of the molecule is CCCCCNC(=O)c1ccccc1Nc1nc(-c2cccnc2)nc2ccc(Cl)cc12. The third kappa shape index (κ3) is 5.03. The highest BCUT2D eigenvalue weighted by atomic mass is 35.5. The minimum Gasteiger partial charge on any atom is -0.352 e. The number of rotatable bonds is 8. The molecule has 0 aliphatic heterocycles. The molecule has 0 saturated carbocycles. The van der Waals surface area contributed by atoms with Gasteiger partial charge in [0.2, 0.25) is 0 Å². The number of nitrogens with one attached hydrogen (secondary N) is 2. The number of hydrogen-bond donors (Lipinski definition) is 2. The average molecular weight is 446 g/mol. The molecule has 0 saturated heterocycles. The highest BCUT2D eigenvalue weighted by Gasteiger charge is 2.15. The molecule has 6 nitrogen and oxygen atoms in total. The zero-order valence-electron chi connectivity index (χ0n) is 17.8. The summed E-state index contributed by atoms with van der Waals surface area (Å²) in [5, 5.41) is 7.70. The zero-order chi connectivity index (χ0) is 22.3. The molecule has 4 rings (SSSR count). The molecule has 2 aromatic carbocycles. The first-order valence-corrected chi connectivity index (χ1v) is 11.1. The Kier molecular flexibility index (Phi) is 6.92. The molecule has 0 aliphatic rings. The molecule has 0 aliphatic carbocycles. The number of hydrogen-bond acceptors (Lipinski definition) is 5. The van der Waals surface area contributed by atoms with E-state index >= 15 is 0 Å². The van der Waals surface area contributed by atoms with Gasteiger partial charge in [-0.3, -0.25) is 9.78 Å². The van der Waals surface area contributed by atoms with Gasteiger partial charge in [-0.15, -0.1) is 0 Å². The third-order valence-corrected chi connectivity index (χ3v) is 5.30. The highest BCUT2D eigenvalue weighted by Crippen LogP contribution is 2.30. The van der Waals surface area contributed by atoms with Crippen molar-refractivity contribution in [1.82, 2.24) is 20.3 Å². The predicted octanol–water partition coefficient (Wildman–Crippen LogP) is 6.01. The molecule has 1 amide bonds. The second-order valence-corrected chi connectivity index (χ2v) is 7.87. The lowest BCUT2D eigenvalue weighted by atomic mass is 10.1. The number of carbonyl (C=O) groups is 1. The normalized spacial score (nSPS) is 10.8. The third-order valence-electron chi connectivity index (χ3n) is 5.07. The van der Waals surface area contributed by atoms with Crippen LogP contribution < -0.4 is 10.6 Å².